The highest BCUT2D eigenvalue weighted by molar-refractivity contribution is 9.11. The fourth-order valence-electron chi connectivity index (χ4n) is 1.02. The number of benzene rings is 1. The van der Waals surface area contributed by atoms with Crippen molar-refractivity contribution in [3.05, 3.63) is 32.7 Å². The average molecular weight is 323 g/mol. The van der Waals surface area contributed by atoms with E-state index in [0.29, 0.717) is 5.56 Å². The molecular formula is C9H9Br2NO2. The molecule has 0 fully saturated rings. The number of ether oxygens (including phenoxy) is 1. The molecule has 2 N–H and O–H groups in total. The summed E-state index contributed by atoms with van der Waals surface area (Å²) in [5, 5.41) is 0. The van der Waals surface area contributed by atoms with Gasteiger partial charge in [0.2, 0.25) is 0 Å². The van der Waals surface area contributed by atoms with Gasteiger partial charge in [-0.3, -0.25) is 4.79 Å². The standard InChI is InChI=1S/C9H9Br2NO2/c1-14-9(13)8(12)5-2-6(10)4-7(11)3-5/h2-4,8H,12H2,1H3/t8-/m1/s1. The first-order valence-corrected chi connectivity index (χ1v) is 5.42. The molecule has 3 nitrogen and oxygen atoms in total. The van der Waals surface area contributed by atoms with E-state index in [-0.39, 0.29) is 0 Å². The molecule has 0 heterocycles. The number of carbonyl (C=O) groups excluding carboxylic acids is 1. The summed E-state index contributed by atoms with van der Waals surface area (Å²) in [4.78, 5) is 11.2. The molecular weight excluding hydrogens is 314 g/mol. The number of hydrogen-bond donors (Lipinski definition) is 1. The minimum absolute atomic E-state index is 0.449. The molecule has 1 aromatic rings. The van der Waals surface area contributed by atoms with Crippen LogP contribution < -0.4 is 5.73 Å². The van der Waals surface area contributed by atoms with Crippen LogP contribution in [0.25, 0.3) is 0 Å². The van der Waals surface area contributed by atoms with Crippen LogP contribution in [0.3, 0.4) is 0 Å². The van der Waals surface area contributed by atoms with E-state index in [1.165, 1.54) is 7.11 Å². The first-order valence-electron chi connectivity index (χ1n) is 3.84. The van der Waals surface area contributed by atoms with Crippen molar-refractivity contribution < 1.29 is 9.53 Å². The highest BCUT2D eigenvalue weighted by Gasteiger charge is 2.16. The summed E-state index contributed by atoms with van der Waals surface area (Å²) >= 11 is 6.63. The van der Waals surface area contributed by atoms with Crippen molar-refractivity contribution in [3.8, 4) is 0 Å². The Morgan fingerprint density at radius 1 is 1.36 bits per heavy atom. The number of halogens is 2. The molecule has 0 saturated carbocycles. The summed E-state index contributed by atoms with van der Waals surface area (Å²) in [6.45, 7) is 0. The minimum atomic E-state index is -0.742. The number of methoxy groups -OCH3 is 1. The molecule has 0 spiro atoms. The maximum atomic E-state index is 11.2. The number of nitrogens with two attached hydrogens (primary N) is 1. The molecule has 5 heteroatoms. The predicted octanol–water partition coefficient (Wildman–Crippen LogP) is 2.38. The van der Waals surface area contributed by atoms with Gasteiger partial charge in [-0.15, -0.1) is 0 Å². The molecule has 0 aliphatic rings. The third-order valence-corrected chi connectivity index (χ3v) is 2.61. The van der Waals surface area contributed by atoms with Crippen LogP contribution in [0.15, 0.2) is 27.1 Å². The van der Waals surface area contributed by atoms with Gasteiger partial charge in [0, 0.05) is 8.95 Å². The summed E-state index contributed by atoms with van der Waals surface area (Å²) < 4.78 is 6.28. The summed E-state index contributed by atoms with van der Waals surface area (Å²) in [7, 11) is 1.31. The maximum absolute atomic E-state index is 11.2. The molecule has 1 rings (SSSR count). The van der Waals surface area contributed by atoms with Crippen LogP contribution in [0.1, 0.15) is 11.6 Å². The second kappa shape index (κ2) is 4.91. The Labute approximate surface area is 98.9 Å². The predicted molar refractivity (Wildman–Crippen MR) is 60.8 cm³/mol. The third kappa shape index (κ3) is 2.80. The molecule has 76 valence electrons. The Morgan fingerprint density at radius 3 is 2.29 bits per heavy atom. The van der Waals surface area contributed by atoms with Crippen LogP contribution >= 0.6 is 31.9 Å². The molecule has 0 amide bonds. The lowest BCUT2D eigenvalue weighted by Crippen LogP contribution is -2.22. The number of carbonyl (C=O) groups is 1. The van der Waals surface area contributed by atoms with Crippen molar-refractivity contribution in [2.75, 3.05) is 7.11 Å². The average Bonchev–Trinajstić information content (AvgIpc) is 2.14. The minimum Gasteiger partial charge on any atom is -0.468 e. The molecule has 0 aromatic heterocycles. The van der Waals surface area contributed by atoms with Gasteiger partial charge in [-0.2, -0.15) is 0 Å². The molecule has 1 aromatic carbocycles. The molecule has 1 atom stereocenters. The zero-order valence-corrected chi connectivity index (χ0v) is 10.6. The monoisotopic (exact) mass is 321 g/mol. The van der Waals surface area contributed by atoms with E-state index >= 15 is 0 Å². The zero-order chi connectivity index (χ0) is 10.7. The second-order valence-electron chi connectivity index (χ2n) is 2.70. The van der Waals surface area contributed by atoms with E-state index in [1.54, 1.807) is 12.1 Å². The van der Waals surface area contributed by atoms with E-state index < -0.39 is 12.0 Å². The Balaban J connectivity index is 3.00. The first kappa shape index (κ1) is 11.7. The first-order chi connectivity index (χ1) is 6.54. The van der Waals surface area contributed by atoms with Gasteiger partial charge in [0.1, 0.15) is 6.04 Å². The van der Waals surface area contributed by atoms with Crippen molar-refractivity contribution in [3.63, 3.8) is 0 Å². The van der Waals surface area contributed by atoms with Gasteiger partial charge in [0.05, 0.1) is 7.11 Å². The summed E-state index contributed by atoms with van der Waals surface area (Å²) in [5.41, 5.74) is 6.38. The van der Waals surface area contributed by atoms with Gasteiger partial charge in [-0.25, -0.2) is 0 Å². The van der Waals surface area contributed by atoms with Gasteiger partial charge in [0.15, 0.2) is 0 Å². The van der Waals surface area contributed by atoms with Gasteiger partial charge >= 0.3 is 5.97 Å². The molecule has 0 radical (unpaired) electrons. The fourth-order valence-corrected chi connectivity index (χ4v) is 2.35. The summed E-state index contributed by atoms with van der Waals surface area (Å²) in [6, 6.07) is 4.69. The van der Waals surface area contributed by atoms with Gasteiger partial charge in [-0.05, 0) is 23.8 Å². The fraction of sp³-hybridized carbons (Fsp3) is 0.222. The normalized spacial score (nSPS) is 12.3. The molecule has 0 aliphatic heterocycles. The Hall–Kier alpha value is -0.390. The highest BCUT2D eigenvalue weighted by atomic mass is 79.9. The van der Waals surface area contributed by atoms with E-state index in [4.69, 9.17) is 5.73 Å². The Bertz CT molecular complexity index is 334. The number of hydrogen-bond acceptors (Lipinski definition) is 3. The Kier molecular flexibility index (Phi) is 4.10. The summed E-state index contributed by atoms with van der Waals surface area (Å²) in [6.07, 6.45) is 0. The maximum Gasteiger partial charge on any atom is 0.327 e. The SMILES string of the molecule is COC(=O)[C@H](N)c1cc(Br)cc(Br)c1. The molecule has 14 heavy (non-hydrogen) atoms. The smallest absolute Gasteiger partial charge is 0.327 e. The molecule has 0 saturated heterocycles. The van der Waals surface area contributed by atoms with Crippen molar-refractivity contribution in [1.82, 2.24) is 0 Å². The van der Waals surface area contributed by atoms with Crippen LogP contribution in [0.4, 0.5) is 0 Å². The molecule has 0 unspecified atom stereocenters. The van der Waals surface area contributed by atoms with Crippen LogP contribution in [0.5, 0.6) is 0 Å². The van der Waals surface area contributed by atoms with E-state index in [1.807, 2.05) is 6.07 Å². The van der Waals surface area contributed by atoms with Crippen molar-refractivity contribution in [1.29, 1.82) is 0 Å². The summed E-state index contributed by atoms with van der Waals surface area (Å²) in [5.74, 6) is -0.449. The van der Waals surface area contributed by atoms with Crippen molar-refractivity contribution in [2.24, 2.45) is 5.73 Å². The van der Waals surface area contributed by atoms with Crippen LogP contribution in [-0.4, -0.2) is 13.1 Å². The van der Waals surface area contributed by atoms with Crippen LogP contribution in [0, 0.1) is 0 Å². The van der Waals surface area contributed by atoms with Gasteiger partial charge < -0.3 is 10.5 Å². The Morgan fingerprint density at radius 2 is 1.86 bits per heavy atom. The van der Waals surface area contributed by atoms with Crippen molar-refractivity contribution >= 4 is 37.8 Å². The third-order valence-electron chi connectivity index (χ3n) is 1.70. The second-order valence-corrected chi connectivity index (χ2v) is 4.53. The van der Waals surface area contributed by atoms with Crippen LogP contribution in [-0.2, 0) is 9.53 Å². The lowest BCUT2D eigenvalue weighted by atomic mass is 10.1. The van der Waals surface area contributed by atoms with Crippen LogP contribution in [0.2, 0.25) is 0 Å². The van der Waals surface area contributed by atoms with Gasteiger partial charge in [-0.1, -0.05) is 31.9 Å². The quantitative estimate of drug-likeness (QED) is 0.851. The largest absolute Gasteiger partial charge is 0.468 e. The van der Waals surface area contributed by atoms with E-state index in [2.05, 4.69) is 36.6 Å². The van der Waals surface area contributed by atoms with E-state index in [9.17, 15) is 4.79 Å². The van der Waals surface area contributed by atoms with Crippen molar-refractivity contribution in [2.45, 2.75) is 6.04 Å². The highest BCUT2D eigenvalue weighted by Crippen LogP contribution is 2.23. The topological polar surface area (TPSA) is 52.3 Å². The number of rotatable bonds is 2. The number of esters is 1. The lowest BCUT2D eigenvalue weighted by Gasteiger charge is -2.10. The molecule has 0 aliphatic carbocycles. The van der Waals surface area contributed by atoms with Gasteiger partial charge in [0.25, 0.3) is 0 Å². The zero-order valence-electron chi connectivity index (χ0n) is 7.46. The lowest BCUT2D eigenvalue weighted by molar-refractivity contribution is -0.142. The molecule has 0 bridgehead atoms. The van der Waals surface area contributed by atoms with E-state index in [0.717, 1.165) is 8.95 Å².